The number of nitrogens with one attached hydrogen (secondary N) is 1. The fraction of sp³-hybridized carbons (Fsp3) is 0.571. The Labute approximate surface area is 118 Å². The Hall–Kier alpha value is -1.66. The van der Waals surface area contributed by atoms with Gasteiger partial charge in [0.05, 0.1) is 4.92 Å². The average Bonchev–Trinajstić information content (AvgIpc) is 2.37. The Morgan fingerprint density at radius 3 is 2.60 bits per heavy atom. The number of rotatable bonds is 5. The van der Waals surface area contributed by atoms with Gasteiger partial charge in [0.2, 0.25) is 0 Å². The molecule has 0 heterocycles. The Balaban J connectivity index is 2.15. The van der Waals surface area contributed by atoms with Crippen molar-refractivity contribution in [2.75, 3.05) is 14.2 Å². The van der Waals surface area contributed by atoms with Gasteiger partial charge in [-0.2, -0.15) is 0 Å². The first-order valence-electron chi connectivity index (χ1n) is 6.60. The van der Waals surface area contributed by atoms with Gasteiger partial charge in [0.1, 0.15) is 18.0 Å². The van der Waals surface area contributed by atoms with Crippen LogP contribution in [-0.2, 0) is 4.74 Å². The monoisotopic (exact) mass is 280 g/mol. The zero-order valence-corrected chi connectivity index (χ0v) is 12.2. The molecule has 6 heteroatoms. The first-order chi connectivity index (χ1) is 9.47. The molecular formula is C14H20N2O4. The standard InChI is InChI=1S/C14H20N2O4/c1-8-6-12(9(2)5-11(8)16(17)18)20-13-7-10(15-3)14(13)19-4/h5-6,10,13-15H,7H2,1-4H3. The molecule has 2 rings (SSSR count). The molecule has 20 heavy (non-hydrogen) atoms. The molecule has 0 saturated heterocycles. The van der Waals surface area contributed by atoms with Crippen molar-refractivity contribution in [3.8, 4) is 5.75 Å². The smallest absolute Gasteiger partial charge is 0.272 e. The lowest BCUT2D eigenvalue weighted by Crippen LogP contribution is -2.60. The van der Waals surface area contributed by atoms with Gasteiger partial charge in [-0.3, -0.25) is 10.1 Å². The third-order valence-corrected chi connectivity index (χ3v) is 3.86. The van der Waals surface area contributed by atoms with Crippen molar-refractivity contribution in [1.82, 2.24) is 5.32 Å². The van der Waals surface area contributed by atoms with E-state index in [1.165, 1.54) is 0 Å². The van der Waals surface area contributed by atoms with Crippen LogP contribution in [0.25, 0.3) is 0 Å². The van der Waals surface area contributed by atoms with Crippen molar-refractivity contribution in [2.24, 2.45) is 0 Å². The van der Waals surface area contributed by atoms with Crippen molar-refractivity contribution in [2.45, 2.75) is 38.5 Å². The number of hydrogen-bond acceptors (Lipinski definition) is 5. The van der Waals surface area contributed by atoms with E-state index in [0.29, 0.717) is 17.4 Å². The minimum absolute atomic E-state index is 0.00916. The summed E-state index contributed by atoms with van der Waals surface area (Å²) in [5, 5.41) is 14.1. The number of benzene rings is 1. The van der Waals surface area contributed by atoms with Crippen LogP contribution in [0.3, 0.4) is 0 Å². The topological polar surface area (TPSA) is 73.6 Å². The van der Waals surface area contributed by atoms with Gasteiger partial charge in [0.25, 0.3) is 5.69 Å². The van der Waals surface area contributed by atoms with E-state index in [-0.39, 0.29) is 22.8 Å². The molecule has 6 nitrogen and oxygen atoms in total. The van der Waals surface area contributed by atoms with E-state index in [4.69, 9.17) is 9.47 Å². The van der Waals surface area contributed by atoms with Gasteiger partial charge in [-0.15, -0.1) is 0 Å². The van der Waals surface area contributed by atoms with Gasteiger partial charge in [-0.1, -0.05) is 0 Å². The summed E-state index contributed by atoms with van der Waals surface area (Å²) in [6, 6.07) is 3.58. The summed E-state index contributed by atoms with van der Waals surface area (Å²) in [5.74, 6) is 0.690. The van der Waals surface area contributed by atoms with E-state index in [0.717, 1.165) is 12.0 Å². The van der Waals surface area contributed by atoms with Crippen LogP contribution in [0.4, 0.5) is 5.69 Å². The summed E-state index contributed by atoms with van der Waals surface area (Å²) in [6.45, 7) is 3.53. The van der Waals surface area contributed by atoms with Crippen molar-refractivity contribution < 1.29 is 14.4 Å². The van der Waals surface area contributed by atoms with Gasteiger partial charge >= 0.3 is 0 Å². The van der Waals surface area contributed by atoms with Crippen LogP contribution in [-0.4, -0.2) is 37.3 Å². The summed E-state index contributed by atoms with van der Waals surface area (Å²) >= 11 is 0. The number of ether oxygens (including phenoxy) is 2. The van der Waals surface area contributed by atoms with Gasteiger partial charge in [-0.05, 0) is 32.5 Å². The zero-order valence-electron chi connectivity index (χ0n) is 12.2. The number of nitro groups is 1. The maximum Gasteiger partial charge on any atom is 0.272 e. The molecule has 0 bridgehead atoms. The van der Waals surface area contributed by atoms with E-state index in [1.807, 2.05) is 14.0 Å². The fourth-order valence-electron chi connectivity index (χ4n) is 2.56. The molecule has 3 unspecified atom stereocenters. The highest BCUT2D eigenvalue weighted by Gasteiger charge is 2.42. The molecule has 1 aromatic rings. The predicted molar refractivity (Wildman–Crippen MR) is 75.2 cm³/mol. The maximum atomic E-state index is 10.9. The average molecular weight is 280 g/mol. The Morgan fingerprint density at radius 2 is 2.05 bits per heavy atom. The predicted octanol–water partition coefficient (Wildman–Crippen LogP) is 1.97. The lowest BCUT2D eigenvalue weighted by molar-refractivity contribution is -0.385. The molecule has 0 amide bonds. The quantitative estimate of drug-likeness (QED) is 0.659. The van der Waals surface area contributed by atoms with Crippen LogP contribution >= 0.6 is 0 Å². The summed E-state index contributed by atoms with van der Waals surface area (Å²) in [7, 11) is 3.56. The van der Waals surface area contributed by atoms with E-state index < -0.39 is 0 Å². The number of likely N-dealkylation sites (N-methyl/N-ethyl adjacent to an activating group) is 1. The van der Waals surface area contributed by atoms with Crippen molar-refractivity contribution in [1.29, 1.82) is 0 Å². The summed E-state index contributed by atoms with van der Waals surface area (Å²) in [6.07, 6.45) is 0.858. The van der Waals surface area contributed by atoms with Gasteiger partial charge in [-0.25, -0.2) is 0 Å². The number of methoxy groups -OCH3 is 1. The van der Waals surface area contributed by atoms with Crippen LogP contribution in [0.2, 0.25) is 0 Å². The van der Waals surface area contributed by atoms with Crippen molar-refractivity contribution >= 4 is 5.69 Å². The highest BCUT2D eigenvalue weighted by atomic mass is 16.6. The second kappa shape index (κ2) is 5.76. The molecule has 110 valence electrons. The minimum Gasteiger partial charge on any atom is -0.487 e. The van der Waals surface area contributed by atoms with Gasteiger partial charge < -0.3 is 14.8 Å². The molecule has 1 N–H and O–H groups in total. The molecule has 1 aliphatic carbocycles. The highest BCUT2D eigenvalue weighted by molar-refractivity contribution is 5.49. The number of aryl methyl sites for hydroxylation is 2. The van der Waals surface area contributed by atoms with Gasteiger partial charge in [0, 0.05) is 31.2 Å². The molecule has 3 atom stereocenters. The normalized spacial score (nSPS) is 25.1. The van der Waals surface area contributed by atoms with E-state index in [9.17, 15) is 10.1 Å². The first-order valence-corrected chi connectivity index (χ1v) is 6.60. The number of hydrogen-bond donors (Lipinski definition) is 1. The zero-order chi connectivity index (χ0) is 14.9. The molecule has 0 aromatic heterocycles. The first kappa shape index (κ1) is 14.7. The Morgan fingerprint density at radius 1 is 1.35 bits per heavy atom. The summed E-state index contributed by atoms with van der Waals surface area (Å²) in [4.78, 5) is 10.5. The van der Waals surface area contributed by atoms with Crippen LogP contribution in [0, 0.1) is 24.0 Å². The minimum atomic E-state index is -0.371. The summed E-state index contributed by atoms with van der Waals surface area (Å²) in [5.41, 5.74) is 1.50. The lowest BCUT2D eigenvalue weighted by atomic mass is 9.85. The van der Waals surface area contributed by atoms with E-state index >= 15 is 0 Å². The molecule has 1 saturated carbocycles. The van der Waals surface area contributed by atoms with Crippen molar-refractivity contribution in [3.05, 3.63) is 33.4 Å². The SMILES string of the molecule is CNC1CC(Oc2cc(C)c([N+](=O)[O-])cc2C)C1OC. The van der Waals surface area contributed by atoms with Gasteiger partial charge in [0.15, 0.2) is 0 Å². The Bertz CT molecular complexity index is 518. The van der Waals surface area contributed by atoms with Crippen molar-refractivity contribution in [3.63, 3.8) is 0 Å². The second-order valence-corrected chi connectivity index (χ2v) is 5.15. The largest absolute Gasteiger partial charge is 0.487 e. The van der Waals surface area contributed by atoms with Crippen LogP contribution in [0.15, 0.2) is 12.1 Å². The third-order valence-electron chi connectivity index (χ3n) is 3.86. The lowest BCUT2D eigenvalue weighted by Gasteiger charge is -2.43. The van der Waals surface area contributed by atoms with E-state index in [2.05, 4.69) is 5.32 Å². The van der Waals surface area contributed by atoms with Crippen LogP contribution in [0.1, 0.15) is 17.5 Å². The molecule has 0 spiro atoms. The molecule has 1 aliphatic rings. The van der Waals surface area contributed by atoms with Crippen LogP contribution in [0.5, 0.6) is 5.75 Å². The molecule has 1 aromatic carbocycles. The molecule has 0 aliphatic heterocycles. The van der Waals surface area contributed by atoms with E-state index in [1.54, 1.807) is 26.2 Å². The second-order valence-electron chi connectivity index (χ2n) is 5.15. The highest BCUT2D eigenvalue weighted by Crippen LogP contribution is 2.33. The number of nitrogens with zero attached hydrogens (tertiary/aromatic N) is 1. The fourth-order valence-corrected chi connectivity index (χ4v) is 2.56. The summed E-state index contributed by atoms with van der Waals surface area (Å²) < 4.78 is 11.4. The third kappa shape index (κ3) is 2.62. The Kier molecular flexibility index (Phi) is 4.25. The molecule has 0 radical (unpaired) electrons. The maximum absolute atomic E-state index is 10.9. The number of nitro benzene ring substituents is 1. The molecular weight excluding hydrogens is 260 g/mol. The molecule has 1 fully saturated rings. The van der Waals surface area contributed by atoms with Crippen LogP contribution < -0.4 is 10.1 Å².